The van der Waals surface area contributed by atoms with Crippen LogP contribution in [0.5, 0.6) is 0 Å². The van der Waals surface area contributed by atoms with Crippen molar-refractivity contribution in [1.82, 2.24) is 4.90 Å². The summed E-state index contributed by atoms with van der Waals surface area (Å²) in [4.78, 5) is 1.47. The fraction of sp³-hybridized carbons (Fsp3) is 0.538. The third kappa shape index (κ3) is 4.31. The van der Waals surface area contributed by atoms with Crippen LogP contribution >= 0.6 is 0 Å². The van der Waals surface area contributed by atoms with E-state index in [0.717, 1.165) is 16.7 Å². The fourth-order valence-corrected chi connectivity index (χ4v) is 1.72. The van der Waals surface area contributed by atoms with Crippen LogP contribution in [-0.2, 0) is 6.54 Å². The minimum Gasteiger partial charge on any atom is -0.382 e. The standard InChI is InChI=1S/C13H18F3NO/c1-9-4-5-10(2)11(6-9)7-17(3)8-12(18)13(14,15)16/h4-6,12,18H,7-8H2,1-3H3. The molecule has 1 aromatic carbocycles. The summed E-state index contributed by atoms with van der Waals surface area (Å²) < 4.78 is 36.6. The maximum atomic E-state index is 12.2. The van der Waals surface area contributed by atoms with Gasteiger partial charge in [-0.15, -0.1) is 0 Å². The maximum Gasteiger partial charge on any atom is 0.415 e. The van der Waals surface area contributed by atoms with Crippen molar-refractivity contribution in [3.63, 3.8) is 0 Å². The van der Waals surface area contributed by atoms with E-state index in [1.807, 2.05) is 32.0 Å². The van der Waals surface area contributed by atoms with E-state index in [0.29, 0.717) is 6.54 Å². The minimum atomic E-state index is -4.56. The van der Waals surface area contributed by atoms with Crippen LogP contribution in [0.3, 0.4) is 0 Å². The third-order valence-electron chi connectivity index (χ3n) is 2.81. The van der Waals surface area contributed by atoms with Crippen molar-refractivity contribution >= 4 is 0 Å². The fourth-order valence-electron chi connectivity index (χ4n) is 1.72. The second kappa shape index (κ2) is 5.71. The first-order valence-corrected chi connectivity index (χ1v) is 5.69. The summed E-state index contributed by atoms with van der Waals surface area (Å²) in [5.74, 6) is 0. The van der Waals surface area contributed by atoms with E-state index in [9.17, 15) is 13.2 Å². The third-order valence-corrected chi connectivity index (χ3v) is 2.81. The minimum absolute atomic E-state index is 0.390. The van der Waals surface area contributed by atoms with Crippen molar-refractivity contribution in [1.29, 1.82) is 0 Å². The molecule has 5 heteroatoms. The summed E-state index contributed by atoms with van der Waals surface area (Å²) in [5, 5.41) is 8.99. The molecule has 18 heavy (non-hydrogen) atoms. The Morgan fingerprint density at radius 1 is 1.28 bits per heavy atom. The van der Waals surface area contributed by atoms with E-state index in [1.165, 1.54) is 4.90 Å². The molecule has 0 aromatic heterocycles. The summed E-state index contributed by atoms with van der Waals surface area (Å²) in [5.41, 5.74) is 3.08. The Bertz CT molecular complexity index is 404. The van der Waals surface area contributed by atoms with Crippen molar-refractivity contribution in [3.05, 3.63) is 34.9 Å². The number of aliphatic hydroxyl groups excluding tert-OH is 1. The molecule has 1 rings (SSSR count). The molecule has 102 valence electrons. The zero-order valence-electron chi connectivity index (χ0n) is 10.8. The molecule has 0 spiro atoms. The molecule has 0 heterocycles. The predicted octanol–water partition coefficient (Wildman–Crippen LogP) is 2.66. The van der Waals surface area contributed by atoms with Crippen molar-refractivity contribution in [3.8, 4) is 0 Å². The molecule has 0 aliphatic carbocycles. The first kappa shape index (κ1) is 15.0. The average molecular weight is 261 g/mol. The monoisotopic (exact) mass is 261 g/mol. The lowest BCUT2D eigenvalue weighted by Gasteiger charge is -2.23. The Labute approximate surface area is 105 Å². The van der Waals surface area contributed by atoms with Gasteiger partial charge in [0.15, 0.2) is 6.10 Å². The average Bonchev–Trinajstić information content (AvgIpc) is 2.22. The van der Waals surface area contributed by atoms with Crippen LogP contribution < -0.4 is 0 Å². The van der Waals surface area contributed by atoms with Gasteiger partial charge < -0.3 is 5.11 Å². The van der Waals surface area contributed by atoms with Gasteiger partial charge in [0.05, 0.1) is 0 Å². The van der Waals surface area contributed by atoms with Crippen LogP contribution in [0.25, 0.3) is 0 Å². The summed E-state index contributed by atoms with van der Waals surface area (Å²) in [6, 6.07) is 5.86. The predicted molar refractivity (Wildman–Crippen MR) is 64.3 cm³/mol. The molecule has 1 atom stereocenters. The number of likely N-dealkylation sites (N-methyl/N-ethyl adjacent to an activating group) is 1. The molecule has 0 aliphatic heterocycles. The van der Waals surface area contributed by atoms with Gasteiger partial charge in [0, 0.05) is 13.1 Å². The van der Waals surface area contributed by atoms with Gasteiger partial charge in [0.1, 0.15) is 0 Å². The highest BCUT2D eigenvalue weighted by Gasteiger charge is 2.38. The molecule has 0 saturated carbocycles. The molecule has 2 nitrogen and oxygen atoms in total. The van der Waals surface area contributed by atoms with Crippen molar-refractivity contribution < 1.29 is 18.3 Å². The largest absolute Gasteiger partial charge is 0.415 e. The quantitative estimate of drug-likeness (QED) is 0.900. The topological polar surface area (TPSA) is 23.5 Å². The molecule has 0 saturated heterocycles. The molecular weight excluding hydrogens is 243 g/mol. The van der Waals surface area contributed by atoms with Gasteiger partial charge in [0.2, 0.25) is 0 Å². The molecular formula is C13H18F3NO. The van der Waals surface area contributed by atoms with Gasteiger partial charge in [-0.3, -0.25) is 4.90 Å². The molecule has 1 unspecified atom stereocenters. The van der Waals surface area contributed by atoms with Gasteiger partial charge in [-0.2, -0.15) is 13.2 Å². The summed E-state index contributed by atoms with van der Waals surface area (Å²) >= 11 is 0. The van der Waals surface area contributed by atoms with Gasteiger partial charge in [0.25, 0.3) is 0 Å². The van der Waals surface area contributed by atoms with Crippen molar-refractivity contribution in [2.45, 2.75) is 32.7 Å². The SMILES string of the molecule is Cc1ccc(C)c(CN(C)CC(O)C(F)(F)F)c1. The lowest BCUT2D eigenvalue weighted by Crippen LogP contribution is -2.39. The zero-order chi connectivity index (χ0) is 13.9. The van der Waals surface area contributed by atoms with Crippen LogP contribution in [0.15, 0.2) is 18.2 Å². The van der Waals surface area contributed by atoms with Gasteiger partial charge in [-0.05, 0) is 32.0 Å². The number of halogens is 3. The molecule has 0 fully saturated rings. The Morgan fingerprint density at radius 3 is 2.44 bits per heavy atom. The van der Waals surface area contributed by atoms with Gasteiger partial charge >= 0.3 is 6.18 Å². The summed E-state index contributed by atoms with van der Waals surface area (Å²) in [7, 11) is 1.57. The number of nitrogens with zero attached hydrogens (tertiary/aromatic N) is 1. The number of aliphatic hydroxyl groups is 1. The molecule has 0 aliphatic rings. The van der Waals surface area contributed by atoms with Gasteiger partial charge in [-0.1, -0.05) is 23.8 Å². The lowest BCUT2D eigenvalue weighted by atomic mass is 10.1. The second-order valence-corrected chi connectivity index (χ2v) is 4.68. The number of aryl methyl sites for hydroxylation is 2. The lowest BCUT2D eigenvalue weighted by molar-refractivity contribution is -0.207. The number of benzene rings is 1. The molecule has 0 bridgehead atoms. The second-order valence-electron chi connectivity index (χ2n) is 4.68. The highest BCUT2D eigenvalue weighted by Crippen LogP contribution is 2.21. The van der Waals surface area contributed by atoms with E-state index in [2.05, 4.69) is 0 Å². The summed E-state index contributed by atoms with van der Waals surface area (Å²) in [6.07, 6.45) is -6.86. The number of hydrogen-bond acceptors (Lipinski definition) is 2. The zero-order valence-corrected chi connectivity index (χ0v) is 10.8. The van der Waals surface area contributed by atoms with Crippen LogP contribution in [0, 0.1) is 13.8 Å². The Morgan fingerprint density at radius 2 is 1.89 bits per heavy atom. The van der Waals surface area contributed by atoms with E-state index in [4.69, 9.17) is 5.11 Å². The summed E-state index contributed by atoms with van der Waals surface area (Å²) in [6.45, 7) is 3.83. The molecule has 1 N–H and O–H groups in total. The number of hydrogen-bond donors (Lipinski definition) is 1. The van der Waals surface area contributed by atoms with Crippen LogP contribution in [0.4, 0.5) is 13.2 Å². The van der Waals surface area contributed by atoms with E-state index >= 15 is 0 Å². The molecule has 0 amide bonds. The van der Waals surface area contributed by atoms with E-state index in [-0.39, 0.29) is 0 Å². The number of alkyl halides is 3. The highest BCUT2D eigenvalue weighted by molar-refractivity contribution is 5.30. The molecule has 1 aromatic rings. The number of rotatable bonds is 4. The Balaban J connectivity index is 2.65. The smallest absolute Gasteiger partial charge is 0.382 e. The van der Waals surface area contributed by atoms with E-state index < -0.39 is 18.8 Å². The van der Waals surface area contributed by atoms with E-state index in [1.54, 1.807) is 7.05 Å². The first-order valence-electron chi connectivity index (χ1n) is 5.69. The first-order chi connectivity index (χ1) is 8.20. The van der Waals surface area contributed by atoms with Crippen molar-refractivity contribution in [2.75, 3.05) is 13.6 Å². The Kier molecular flexibility index (Phi) is 4.76. The van der Waals surface area contributed by atoms with Gasteiger partial charge in [-0.25, -0.2) is 0 Å². The normalized spacial score (nSPS) is 14.0. The maximum absolute atomic E-state index is 12.2. The van der Waals surface area contributed by atoms with Crippen molar-refractivity contribution in [2.24, 2.45) is 0 Å². The highest BCUT2D eigenvalue weighted by atomic mass is 19.4. The van der Waals surface area contributed by atoms with Crippen LogP contribution in [0.1, 0.15) is 16.7 Å². The van der Waals surface area contributed by atoms with Crippen LogP contribution in [-0.4, -0.2) is 35.9 Å². The Hall–Kier alpha value is -1.07. The van der Waals surface area contributed by atoms with Crippen LogP contribution in [0.2, 0.25) is 0 Å². The molecule has 0 radical (unpaired) electrons.